The lowest BCUT2D eigenvalue weighted by atomic mass is 10.1. The zero-order chi connectivity index (χ0) is 24.9. The maximum atomic E-state index is 12.9. The van der Waals surface area contributed by atoms with Gasteiger partial charge in [0.1, 0.15) is 11.6 Å². The van der Waals surface area contributed by atoms with Crippen molar-refractivity contribution in [3.63, 3.8) is 0 Å². The number of nitrogens with one attached hydrogen (secondary N) is 1. The summed E-state index contributed by atoms with van der Waals surface area (Å²) in [5, 5.41) is 3.14. The van der Waals surface area contributed by atoms with E-state index in [1.807, 2.05) is 24.6 Å². The van der Waals surface area contributed by atoms with Crippen LogP contribution in [0.1, 0.15) is 31.3 Å². The van der Waals surface area contributed by atoms with Gasteiger partial charge in [-0.2, -0.15) is 0 Å². The molecular formula is C21H19N5O. The molecule has 4 rings (SSSR count). The second-order valence-corrected chi connectivity index (χ2v) is 5.94. The van der Waals surface area contributed by atoms with Gasteiger partial charge in [0.25, 0.3) is 5.91 Å². The molecule has 0 bridgehead atoms. The van der Waals surface area contributed by atoms with Gasteiger partial charge in [-0.15, -0.1) is 0 Å². The molecule has 0 aliphatic rings. The predicted octanol–water partition coefficient (Wildman–Crippen LogP) is 3.90. The zero-order valence-corrected chi connectivity index (χ0v) is 14.6. The van der Waals surface area contributed by atoms with Crippen molar-refractivity contribution in [2.45, 2.75) is 13.8 Å². The lowest BCUT2D eigenvalue weighted by Gasteiger charge is -2.08. The molecule has 0 spiro atoms. The van der Waals surface area contributed by atoms with E-state index in [1.54, 1.807) is 18.5 Å². The summed E-state index contributed by atoms with van der Waals surface area (Å²) in [6.07, 6.45) is 4.87. The fraction of sp³-hybridized carbons (Fsp3) is 0.143. The molecule has 0 saturated carbocycles. The Hall–Kier alpha value is -3.54. The molecule has 0 radical (unpaired) electrons. The normalized spacial score (nSPS) is 15.1. The highest BCUT2D eigenvalue weighted by Crippen LogP contribution is 2.24. The van der Waals surface area contributed by atoms with Gasteiger partial charge in [0.15, 0.2) is 0 Å². The summed E-state index contributed by atoms with van der Waals surface area (Å²) >= 11 is 0. The summed E-state index contributed by atoms with van der Waals surface area (Å²) in [5.41, 5.74) is 0.937. The summed E-state index contributed by atoms with van der Waals surface area (Å²) in [5.74, 6) is 0.00363. The molecule has 3 heterocycles. The molecule has 1 amide bonds. The second-order valence-electron chi connectivity index (χ2n) is 5.94. The highest BCUT2D eigenvalue weighted by Gasteiger charge is 2.10. The van der Waals surface area contributed by atoms with E-state index in [2.05, 4.69) is 20.3 Å². The van der Waals surface area contributed by atoms with Gasteiger partial charge in [-0.1, -0.05) is 17.6 Å². The minimum atomic E-state index is -2.86. The summed E-state index contributed by atoms with van der Waals surface area (Å²) < 4.78 is 56.5. The van der Waals surface area contributed by atoms with Crippen LogP contribution in [0.4, 0.5) is 5.82 Å². The quantitative estimate of drug-likeness (QED) is 0.598. The average molecular weight is 364 g/mol. The van der Waals surface area contributed by atoms with Crippen molar-refractivity contribution in [1.82, 2.24) is 19.5 Å². The average Bonchev–Trinajstić information content (AvgIpc) is 3.09. The van der Waals surface area contributed by atoms with Gasteiger partial charge in [0, 0.05) is 33.9 Å². The number of benzene rings is 1. The number of rotatable bonds is 3. The predicted molar refractivity (Wildman–Crippen MR) is 106 cm³/mol. The summed E-state index contributed by atoms with van der Waals surface area (Å²) in [7, 11) is 1.88. The fourth-order valence-electron chi connectivity index (χ4n) is 2.61. The smallest absolute Gasteiger partial charge is 0.256 e. The Balaban J connectivity index is 1.72. The molecule has 0 fully saturated rings. The van der Waals surface area contributed by atoms with Crippen LogP contribution in [0.3, 0.4) is 0 Å². The van der Waals surface area contributed by atoms with Crippen LogP contribution in [0.25, 0.3) is 22.2 Å². The van der Waals surface area contributed by atoms with Crippen LogP contribution in [-0.2, 0) is 7.05 Å². The molecule has 1 aromatic carbocycles. The monoisotopic (exact) mass is 364 g/mol. The van der Waals surface area contributed by atoms with Crippen LogP contribution in [0.5, 0.6) is 0 Å². The van der Waals surface area contributed by atoms with Crippen LogP contribution < -0.4 is 5.32 Å². The number of hydrogen-bond acceptors (Lipinski definition) is 4. The van der Waals surface area contributed by atoms with Crippen molar-refractivity contribution >= 4 is 22.6 Å². The topological polar surface area (TPSA) is 72.7 Å². The Kier molecular flexibility index (Phi) is 2.60. The molecule has 4 aromatic rings. The maximum absolute atomic E-state index is 12.9. The SMILES string of the molecule is [2H]c1c([2H])c(C([2H])([2H])[2H])c([2H])c([2H])c1C(=O)Nc1cc2cc(-c3cnc(C)n3C)cnc2cn1. The summed E-state index contributed by atoms with van der Waals surface area (Å²) in [6, 6.07) is 0.398. The molecule has 3 aromatic heterocycles. The molecule has 0 unspecified atom stereocenters. The van der Waals surface area contributed by atoms with Crippen LogP contribution in [-0.4, -0.2) is 25.4 Å². The van der Waals surface area contributed by atoms with Crippen LogP contribution in [0.15, 0.2) is 54.9 Å². The van der Waals surface area contributed by atoms with E-state index in [-0.39, 0.29) is 5.82 Å². The maximum Gasteiger partial charge on any atom is 0.256 e. The minimum absolute atomic E-state index is 0.106. The standard InChI is InChI=1S/C21H19N5O/c1-13-4-6-15(7-5-13)21(27)25-20-9-16-8-17(10-23-18(16)11-24-20)19-12-22-14(2)26(19)3/h4-12H,1-3H3,(H,24,25,27)/i1D3,4D,5D,6D,7D. The van der Waals surface area contributed by atoms with Crippen LogP contribution in [0.2, 0.25) is 0 Å². The number of nitrogens with zero attached hydrogens (tertiary/aromatic N) is 4. The van der Waals surface area contributed by atoms with E-state index in [1.165, 1.54) is 6.20 Å². The van der Waals surface area contributed by atoms with Crippen molar-refractivity contribution < 1.29 is 14.4 Å². The Morgan fingerprint density at radius 3 is 2.63 bits per heavy atom. The molecule has 0 aliphatic carbocycles. The Labute approximate surface area is 166 Å². The van der Waals surface area contributed by atoms with Gasteiger partial charge < -0.3 is 9.88 Å². The summed E-state index contributed by atoms with van der Waals surface area (Å²) in [6.45, 7) is -0.975. The van der Waals surface area contributed by atoms with Crippen molar-refractivity contribution in [1.29, 1.82) is 0 Å². The number of anilines is 1. The van der Waals surface area contributed by atoms with E-state index in [0.29, 0.717) is 10.9 Å². The van der Waals surface area contributed by atoms with Gasteiger partial charge in [0.2, 0.25) is 0 Å². The van der Waals surface area contributed by atoms with Crippen LogP contribution in [0, 0.1) is 13.8 Å². The number of carbonyl (C=O) groups excluding carboxylic acids is 1. The van der Waals surface area contributed by atoms with E-state index < -0.39 is 48.1 Å². The number of amides is 1. The number of carbonyl (C=O) groups is 1. The van der Waals surface area contributed by atoms with E-state index >= 15 is 0 Å². The zero-order valence-electron chi connectivity index (χ0n) is 21.6. The number of imidazole rings is 1. The van der Waals surface area contributed by atoms with E-state index in [4.69, 9.17) is 9.60 Å². The molecule has 134 valence electrons. The van der Waals surface area contributed by atoms with Crippen molar-refractivity contribution in [2.24, 2.45) is 7.05 Å². The molecule has 0 aliphatic heterocycles. The highest BCUT2D eigenvalue weighted by molar-refractivity contribution is 6.04. The van der Waals surface area contributed by atoms with Crippen molar-refractivity contribution in [3.05, 3.63) is 71.8 Å². The first-order chi connectivity index (χ1) is 15.9. The molecule has 0 atom stereocenters. The minimum Gasteiger partial charge on any atom is -0.331 e. The third kappa shape index (κ3) is 3.29. The van der Waals surface area contributed by atoms with Crippen LogP contribution >= 0.6 is 0 Å². The molecule has 0 saturated heterocycles. The highest BCUT2D eigenvalue weighted by atomic mass is 16.1. The van der Waals surface area contributed by atoms with Gasteiger partial charge in [-0.05, 0) is 38.0 Å². The number of hydrogen-bond donors (Lipinski definition) is 1. The van der Waals surface area contributed by atoms with Crippen molar-refractivity contribution in [3.8, 4) is 11.3 Å². The number of aryl methyl sites for hydroxylation is 1. The Morgan fingerprint density at radius 2 is 1.93 bits per heavy atom. The Morgan fingerprint density at radius 1 is 1.11 bits per heavy atom. The number of pyridine rings is 2. The fourth-order valence-corrected chi connectivity index (χ4v) is 2.61. The largest absolute Gasteiger partial charge is 0.331 e. The van der Waals surface area contributed by atoms with Gasteiger partial charge >= 0.3 is 0 Å². The molecule has 1 N–H and O–H groups in total. The van der Waals surface area contributed by atoms with Crippen molar-refractivity contribution in [2.75, 3.05) is 5.32 Å². The van der Waals surface area contributed by atoms with E-state index in [0.717, 1.165) is 17.1 Å². The molecule has 6 heteroatoms. The first kappa shape index (κ1) is 10.6. The van der Waals surface area contributed by atoms with Gasteiger partial charge in [0.05, 0.1) is 29.1 Å². The number of aromatic nitrogens is 4. The van der Waals surface area contributed by atoms with Gasteiger partial charge in [-0.25, -0.2) is 9.97 Å². The lowest BCUT2D eigenvalue weighted by Crippen LogP contribution is -2.12. The number of fused-ring (bicyclic) bond motifs is 1. The summed E-state index contributed by atoms with van der Waals surface area (Å²) in [4.78, 5) is 25.7. The molecular weight excluding hydrogens is 338 g/mol. The van der Waals surface area contributed by atoms with E-state index in [9.17, 15) is 4.79 Å². The third-order valence-electron chi connectivity index (χ3n) is 4.18. The molecule has 6 nitrogen and oxygen atoms in total. The first-order valence-corrected chi connectivity index (χ1v) is 8.06. The molecule has 27 heavy (non-hydrogen) atoms. The third-order valence-corrected chi connectivity index (χ3v) is 4.18. The Bertz CT molecular complexity index is 1430. The second kappa shape index (κ2) is 6.64. The lowest BCUT2D eigenvalue weighted by molar-refractivity contribution is 0.102. The van der Waals surface area contributed by atoms with Gasteiger partial charge in [-0.3, -0.25) is 9.78 Å². The first-order valence-electron chi connectivity index (χ1n) is 11.6.